The van der Waals surface area contributed by atoms with Crippen LogP contribution < -0.4 is 10.1 Å². The van der Waals surface area contributed by atoms with Crippen molar-refractivity contribution in [3.63, 3.8) is 0 Å². The summed E-state index contributed by atoms with van der Waals surface area (Å²) in [6.07, 6.45) is 5.10. The first-order valence-corrected chi connectivity index (χ1v) is 12.7. The second kappa shape index (κ2) is 10.3. The average Bonchev–Trinajstić information content (AvgIpc) is 3.38. The van der Waals surface area contributed by atoms with Gasteiger partial charge in [0.15, 0.2) is 0 Å². The molecule has 2 heterocycles. The van der Waals surface area contributed by atoms with Crippen LogP contribution in [-0.4, -0.2) is 21.3 Å². The van der Waals surface area contributed by atoms with Gasteiger partial charge in [0, 0.05) is 29.9 Å². The van der Waals surface area contributed by atoms with Crippen LogP contribution in [-0.2, 0) is 13.0 Å². The molecule has 0 bridgehead atoms. The smallest absolute Gasteiger partial charge is 0.148 e. The molecule has 0 fully saturated rings. The summed E-state index contributed by atoms with van der Waals surface area (Å²) in [6, 6.07) is 20.6. The summed E-state index contributed by atoms with van der Waals surface area (Å²) in [7, 11) is 0. The molecule has 1 aliphatic carbocycles. The molecule has 7 heteroatoms. The molecule has 1 N–H and O–H groups in total. The lowest BCUT2D eigenvalue weighted by Gasteiger charge is -2.28. The summed E-state index contributed by atoms with van der Waals surface area (Å²) in [5.41, 5.74) is 6.26. The maximum atomic E-state index is 9.59. The Morgan fingerprint density at radius 3 is 2.80 bits per heavy atom. The Balaban J connectivity index is 1.41. The molecule has 4 aromatic rings. The molecule has 0 aliphatic heterocycles. The molecule has 0 spiro atoms. The molecule has 5 rings (SSSR count). The number of rotatable bonds is 7. The van der Waals surface area contributed by atoms with E-state index in [0.717, 1.165) is 52.6 Å². The Bertz CT molecular complexity index is 1360. The Kier molecular flexibility index (Phi) is 6.84. The molecule has 0 saturated carbocycles. The number of nitrogens with one attached hydrogen (secondary N) is 1. The van der Waals surface area contributed by atoms with Crippen molar-refractivity contribution < 1.29 is 4.74 Å². The molecule has 176 valence electrons. The number of fused-ring (bicyclic) bond motifs is 1. The van der Waals surface area contributed by atoms with Crippen LogP contribution in [0.1, 0.15) is 55.1 Å². The van der Waals surface area contributed by atoms with E-state index < -0.39 is 0 Å². The van der Waals surface area contributed by atoms with Crippen LogP contribution in [0.3, 0.4) is 0 Å². The van der Waals surface area contributed by atoms with E-state index in [-0.39, 0.29) is 6.10 Å². The molecule has 0 unspecified atom stereocenters. The first-order valence-electron chi connectivity index (χ1n) is 11.9. The maximum absolute atomic E-state index is 9.59. The summed E-state index contributed by atoms with van der Waals surface area (Å²) in [5, 5.41) is 24.0. The lowest BCUT2D eigenvalue weighted by molar-refractivity contribution is 0.242. The van der Waals surface area contributed by atoms with Gasteiger partial charge >= 0.3 is 0 Å². The van der Waals surface area contributed by atoms with Crippen molar-refractivity contribution in [1.82, 2.24) is 20.5 Å². The molecular formula is C28H27N5OS. The van der Waals surface area contributed by atoms with E-state index >= 15 is 0 Å². The van der Waals surface area contributed by atoms with Crippen molar-refractivity contribution in [3.05, 3.63) is 83.2 Å². The zero-order valence-corrected chi connectivity index (χ0v) is 20.7. The molecule has 2 aromatic heterocycles. The lowest BCUT2D eigenvalue weighted by atomic mass is 9.85. The number of nitriles is 1. The van der Waals surface area contributed by atoms with E-state index in [4.69, 9.17) is 4.74 Å². The molecular weight excluding hydrogens is 454 g/mol. The number of hydrogen-bond donors (Lipinski definition) is 1. The van der Waals surface area contributed by atoms with Crippen LogP contribution in [0.25, 0.3) is 21.1 Å². The van der Waals surface area contributed by atoms with Crippen molar-refractivity contribution in [3.8, 4) is 33.0 Å². The van der Waals surface area contributed by atoms with Crippen LogP contribution in [0.2, 0.25) is 0 Å². The Labute approximate surface area is 209 Å². The third kappa shape index (κ3) is 5.09. The van der Waals surface area contributed by atoms with Gasteiger partial charge < -0.3 is 10.1 Å². The maximum Gasteiger partial charge on any atom is 0.148 e. The fraction of sp³-hybridized carbons (Fsp3) is 0.286. The van der Waals surface area contributed by atoms with Crippen LogP contribution in [0, 0.1) is 11.3 Å². The van der Waals surface area contributed by atoms with Crippen molar-refractivity contribution in [1.29, 1.82) is 5.26 Å². The monoisotopic (exact) mass is 481 g/mol. The second-order valence-electron chi connectivity index (χ2n) is 8.92. The van der Waals surface area contributed by atoms with Gasteiger partial charge in [-0.15, -0.1) is 10.2 Å². The molecule has 6 nitrogen and oxygen atoms in total. The molecule has 1 aliphatic rings. The summed E-state index contributed by atoms with van der Waals surface area (Å²) < 4.78 is 5.76. The Morgan fingerprint density at radius 1 is 1.11 bits per heavy atom. The van der Waals surface area contributed by atoms with E-state index in [1.807, 2.05) is 50.4 Å². The number of nitrogens with zero attached hydrogens (tertiary/aromatic N) is 4. The fourth-order valence-corrected chi connectivity index (χ4v) is 5.44. The van der Waals surface area contributed by atoms with Crippen LogP contribution in [0.15, 0.2) is 60.8 Å². The van der Waals surface area contributed by atoms with Crippen LogP contribution in [0.5, 0.6) is 5.75 Å². The number of benzene rings is 2. The van der Waals surface area contributed by atoms with Crippen LogP contribution >= 0.6 is 11.3 Å². The zero-order chi connectivity index (χ0) is 24.2. The van der Waals surface area contributed by atoms with Crippen molar-refractivity contribution in [2.75, 3.05) is 0 Å². The summed E-state index contributed by atoms with van der Waals surface area (Å²) >= 11 is 1.56. The van der Waals surface area contributed by atoms with Crippen molar-refractivity contribution in [2.24, 2.45) is 0 Å². The van der Waals surface area contributed by atoms with E-state index in [2.05, 4.69) is 50.8 Å². The van der Waals surface area contributed by atoms with Gasteiger partial charge in [0.05, 0.1) is 17.4 Å². The zero-order valence-electron chi connectivity index (χ0n) is 19.9. The highest BCUT2D eigenvalue weighted by Gasteiger charge is 2.24. The highest BCUT2D eigenvalue weighted by molar-refractivity contribution is 7.17. The number of aromatic nitrogens is 3. The minimum absolute atomic E-state index is 0.00705. The third-order valence-electron chi connectivity index (χ3n) is 6.13. The first kappa shape index (κ1) is 23.2. The Hall–Kier alpha value is -3.60. The second-order valence-corrected chi connectivity index (χ2v) is 9.90. The summed E-state index contributed by atoms with van der Waals surface area (Å²) in [5.74, 6) is 0.595. The summed E-state index contributed by atoms with van der Waals surface area (Å²) in [4.78, 5) is 4.44. The molecule has 0 saturated heterocycles. The quantitative estimate of drug-likeness (QED) is 0.344. The van der Waals surface area contributed by atoms with Gasteiger partial charge in [0.25, 0.3) is 0 Å². The SMILES string of the molecule is CC(C)Oc1ccc(-c2nnc(-c3cccc4c3CCC[C@@H]4NCc3ccccn3)s2)cc1C#N. The summed E-state index contributed by atoms with van der Waals surface area (Å²) in [6.45, 7) is 4.65. The van der Waals surface area contributed by atoms with Gasteiger partial charge in [-0.2, -0.15) is 5.26 Å². The molecule has 2 aromatic carbocycles. The van der Waals surface area contributed by atoms with E-state index in [1.165, 1.54) is 11.1 Å². The van der Waals surface area contributed by atoms with Crippen molar-refractivity contribution in [2.45, 2.75) is 51.8 Å². The van der Waals surface area contributed by atoms with E-state index in [1.54, 1.807) is 11.3 Å². The van der Waals surface area contributed by atoms with Gasteiger partial charge in [-0.1, -0.05) is 35.6 Å². The number of ether oxygens (including phenoxy) is 1. The fourth-order valence-electron chi connectivity index (χ4n) is 4.55. The number of pyridine rings is 1. The Morgan fingerprint density at radius 2 is 2.00 bits per heavy atom. The molecule has 0 amide bonds. The standard InChI is InChI=1S/C28H27N5OS/c1-18(2)34-26-13-12-19(15-20(26)16-29)27-32-33-28(35-27)24-10-5-9-23-22(24)8-6-11-25(23)31-17-21-7-3-4-14-30-21/h3-5,7,9-10,12-15,18,25,31H,6,8,11,17H2,1-2H3/t25-/m0/s1. The predicted molar refractivity (Wildman–Crippen MR) is 138 cm³/mol. The molecule has 35 heavy (non-hydrogen) atoms. The predicted octanol–water partition coefficient (Wildman–Crippen LogP) is 6.09. The van der Waals surface area contributed by atoms with Gasteiger partial charge in [-0.3, -0.25) is 4.98 Å². The minimum Gasteiger partial charge on any atom is -0.490 e. The molecule has 1 atom stereocenters. The average molecular weight is 482 g/mol. The van der Waals surface area contributed by atoms with Gasteiger partial charge in [-0.25, -0.2) is 0 Å². The topological polar surface area (TPSA) is 83.7 Å². The van der Waals surface area contributed by atoms with E-state index in [0.29, 0.717) is 17.4 Å². The number of hydrogen-bond acceptors (Lipinski definition) is 7. The van der Waals surface area contributed by atoms with Gasteiger partial charge in [0.1, 0.15) is 21.8 Å². The molecule has 0 radical (unpaired) electrons. The van der Waals surface area contributed by atoms with E-state index in [9.17, 15) is 5.26 Å². The minimum atomic E-state index is 0.00705. The van der Waals surface area contributed by atoms with Gasteiger partial charge in [-0.05, 0) is 74.6 Å². The van der Waals surface area contributed by atoms with Gasteiger partial charge in [0.2, 0.25) is 0 Å². The third-order valence-corrected chi connectivity index (χ3v) is 7.13. The lowest BCUT2D eigenvalue weighted by Crippen LogP contribution is -2.25. The highest BCUT2D eigenvalue weighted by atomic mass is 32.1. The first-order chi connectivity index (χ1) is 17.1. The largest absolute Gasteiger partial charge is 0.490 e. The van der Waals surface area contributed by atoms with Crippen LogP contribution in [0.4, 0.5) is 0 Å². The normalized spacial score (nSPS) is 15.0. The highest BCUT2D eigenvalue weighted by Crippen LogP contribution is 2.39. The van der Waals surface area contributed by atoms with Crippen molar-refractivity contribution >= 4 is 11.3 Å².